The normalized spacial score (nSPS) is 17.9. The van der Waals surface area contributed by atoms with Crippen molar-refractivity contribution in [3.63, 3.8) is 0 Å². The van der Waals surface area contributed by atoms with Crippen LogP contribution in [0.3, 0.4) is 0 Å². The number of fused-ring (bicyclic) bond motifs is 2. The van der Waals surface area contributed by atoms with E-state index < -0.39 is 5.97 Å². The lowest BCUT2D eigenvalue weighted by molar-refractivity contribution is 0.0695. The number of ketones is 2. The minimum absolute atomic E-state index is 0.210. The number of nitrogen functional groups attached to an aromatic ring is 1. The van der Waals surface area contributed by atoms with Crippen LogP contribution in [0.4, 0.5) is 22.7 Å². The van der Waals surface area contributed by atoms with Gasteiger partial charge in [-0.05, 0) is 49.6 Å². The van der Waals surface area contributed by atoms with Crippen LogP contribution in [0, 0.1) is 6.92 Å². The Balaban J connectivity index is 1.40. The average molecular weight is 539 g/mol. The summed E-state index contributed by atoms with van der Waals surface area (Å²) in [6, 6.07) is 14.3. The molecule has 0 unspecified atom stereocenters. The van der Waals surface area contributed by atoms with Gasteiger partial charge in [-0.1, -0.05) is 43.5 Å². The van der Waals surface area contributed by atoms with Crippen molar-refractivity contribution in [3.05, 3.63) is 81.9 Å². The molecule has 1 saturated carbocycles. The van der Waals surface area contributed by atoms with E-state index in [0.717, 1.165) is 31.9 Å². The third-order valence-corrected chi connectivity index (χ3v) is 8.70. The van der Waals surface area contributed by atoms with Crippen molar-refractivity contribution in [2.24, 2.45) is 0 Å². The van der Waals surface area contributed by atoms with Gasteiger partial charge >= 0.3 is 5.97 Å². The zero-order chi connectivity index (χ0) is 28.0. The number of hydrogen-bond acceptors (Lipinski definition) is 7. The maximum atomic E-state index is 13.8. The lowest BCUT2D eigenvalue weighted by Crippen LogP contribution is -2.51. The number of nitrogens with zero attached hydrogens (tertiary/aromatic N) is 2. The number of rotatable bonds is 5. The summed E-state index contributed by atoms with van der Waals surface area (Å²) in [7, 11) is 0. The van der Waals surface area contributed by atoms with E-state index in [-0.39, 0.29) is 28.3 Å². The number of hydrogen-bond donors (Lipinski definition) is 3. The van der Waals surface area contributed by atoms with E-state index in [1.54, 1.807) is 43.3 Å². The molecule has 0 bridgehead atoms. The summed E-state index contributed by atoms with van der Waals surface area (Å²) in [5.74, 6) is -1.52. The molecule has 0 aromatic heterocycles. The number of aromatic carboxylic acids is 1. The molecule has 8 heteroatoms. The van der Waals surface area contributed by atoms with Crippen LogP contribution in [0.25, 0.3) is 0 Å². The quantitative estimate of drug-likeness (QED) is 0.295. The summed E-state index contributed by atoms with van der Waals surface area (Å²) < 4.78 is 0. The summed E-state index contributed by atoms with van der Waals surface area (Å²) in [4.78, 5) is 43.9. The van der Waals surface area contributed by atoms with Crippen LogP contribution in [0.2, 0.25) is 0 Å². The fraction of sp³-hybridized carbons (Fsp3) is 0.344. The summed E-state index contributed by atoms with van der Waals surface area (Å²) in [5, 5.41) is 12.8. The van der Waals surface area contributed by atoms with Gasteiger partial charge in [-0.15, -0.1) is 0 Å². The van der Waals surface area contributed by atoms with Crippen LogP contribution < -0.4 is 16.0 Å². The summed E-state index contributed by atoms with van der Waals surface area (Å²) in [6.07, 6.45) is 6.42. The summed E-state index contributed by atoms with van der Waals surface area (Å²) in [6.45, 7) is 5.15. The fourth-order valence-corrected chi connectivity index (χ4v) is 6.58. The van der Waals surface area contributed by atoms with Crippen LogP contribution >= 0.6 is 0 Å². The Labute approximate surface area is 233 Å². The van der Waals surface area contributed by atoms with Crippen LogP contribution in [-0.4, -0.2) is 59.8 Å². The smallest absolute Gasteiger partial charge is 0.335 e. The number of benzene rings is 3. The molecule has 0 radical (unpaired) electrons. The minimum atomic E-state index is -0.999. The standard InChI is InChI=1S/C32H34N4O4/c1-19-17-20(11-12-22(19)32(39)40)34-25-18-26(36-15-13-35(14-16-36)21-7-3-2-4-8-21)29(33)28-27(25)30(37)23-9-5-6-10-24(23)31(28)38/h5-6,9-12,17-18,21,34H,2-4,7-8,13-16,33H2,1H3,(H,39,40). The second-order valence-electron chi connectivity index (χ2n) is 11.1. The molecule has 1 aliphatic heterocycles. The number of anilines is 4. The second kappa shape index (κ2) is 10.4. The Morgan fingerprint density at radius 3 is 2.17 bits per heavy atom. The van der Waals surface area contributed by atoms with E-state index in [9.17, 15) is 19.5 Å². The molecule has 3 aromatic carbocycles. The number of carboxylic acid groups (broad SMARTS) is 1. The molecular formula is C32H34N4O4. The SMILES string of the molecule is Cc1cc(Nc2cc(N3CCN(C4CCCCC4)CC3)c(N)c3c2C(=O)c2ccccc2C3=O)ccc1C(=O)O. The molecule has 3 aliphatic rings. The highest BCUT2D eigenvalue weighted by molar-refractivity contribution is 6.32. The lowest BCUT2D eigenvalue weighted by atomic mass is 9.81. The van der Waals surface area contributed by atoms with Crippen molar-refractivity contribution in [2.75, 3.05) is 42.1 Å². The van der Waals surface area contributed by atoms with Crippen LogP contribution in [0.1, 0.15) is 79.9 Å². The first-order valence-corrected chi connectivity index (χ1v) is 14.1. The van der Waals surface area contributed by atoms with E-state index in [4.69, 9.17) is 5.73 Å². The molecule has 4 N–H and O–H groups in total. The lowest BCUT2D eigenvalue weighted by Gasteiger charge is -2.42. The topological polar surface area (TPSA) is 116 Å². The maximum Gasteiger partial charge on any atom is 0.335 e. The number of nitrogens with one attached hydrogen (secondary N) is 1. The van der Waals surface area contributed by atoms with Gasteiger partial charge in [0, 0.05) is 49.0 Å². The highest BCUT2D eigenvalue weighted by Crippen LogP contribution is 2.42. The van der Waals surface area contributed by atoms with Crippen LogP contribution in [0.15, 0.2) is 48.5 Å². The van der Waals surface area contributed by atoms with Crippen LogP contribution in [0.5, 0.6) is 0 Å². The summed E-state index contributed by atoms with van der Waals surface area (Å²) in [5.41, 5.74) is 10.9. The molecule has 2 aliphatic carbocycles. The first kappa shape index (κ1) is 26.1. The molecule has 2 fully saturated rings. The van der Waals surface area contributed by atoms with Crippen molar-refractivity contribution in [1.82, 2.24) is 4.90 Å². The summed E-state index contributed by atoms with van der Waals surface area (Å²) >= 11 is 0. The molecule has 0 amide bonds. The van der Waals surface area contributed by atoms with Gasteiger partial charge < -0.3 is 21.1 Å². The molecule has 6 rings (SSSR count). The number of nitrogens with two attached hydrogens (primary N) is 1. The predicted molar refractivity (Wildman–Crippen MR) is 156 cm³/mol. The van der Waals surface area contributed by atoms with Gasteiger partial charge in [0.15, 0.2) is 11.6 Å². The zero-order valence-corrected chi connectivity index (χ0v) is 22.7. The molecule has 1 saturated heterocycles. The van der Waals surface area contributed by atoms with E-state index >= 15 is 0 Å². The monoisotopic (exact) mass is 538 g/mol. The van der Waals surface area contributed by atoms with Gasteiger partial charge in [0.1, 0.15) is 0 Å². The van der Waals surface area contributed by atoms with Gasteiger partial charge in [0.05, 0.1) is 33.8 Å². The number of aryl methyl sites for hydroxylation is 1. The Bertz CT molecular complexity index is 1520. The van der Waals surface area contributed by atoms with Gasteiger partial charge in [0.25, 0.3) is 0 Å². The first-order chi connectivity index (χ1) is 19.3. The Morgan fingerprint density at radius 2 is 1.55 bits per heavy atom. The molecule has 206 valence electrons. The number of carbonyl (C=O) groups is 3. The van der Waals surface area contributed by atoms with E-state index in [2.05, 4.69) is 15.1 Å². The van der Waals surface area contributed by atoms with Crippen molar-refractivity contribution in [2.45, 2.75) is 45.1 Å². The van der Waals surface area contributed by atoms with Crippen molar-refractivity contribution in [1.29, 1.82) is 0 Å². The van der Waals surface area contributed by atoms with Crippen molar-refractivity contribution >= 4 is 40.3 Å². The van der Waals surface area contributed by atoms with Crippen molar-refractivity contribution < 1.29 is 19.5 Å². The Morgan fingerprint density at radius 1 is 0.900 bits per heavy atom. The van der Waals surface area contributed by atoms with Crippen molar-refractivity contribution in [3.8, 4) is 0 Å². The number of carboxylic acids is 1. The highest BCUT2D eigenvalue weighted by Gasteiger charge is 2.36. The highest BCUT2D eigenvalue weighted by atomic mass is 16.4. The molecule has 3 aromatic rings. The first-order valence-electron chi connectivity index (χ1n) is 14.1. The maximum absolute atomic E-state index is 13.8. The zero-order valence-electron chi connectivity index (χ0n) is 22.7. The Kier molecular flexibility index (Phi) is 6.80. The minimum Gasteiger partial charge on any atom is -0.478 e. The molecule has 8 nitrogen and oxygen atoms in total. The van der Waals surface area contributed by atoms with E-state index in [0.29, 0.717) is 39.8 Å². The number of piperazine rings is 1. The van der Waals surface area contributed by atoms with Gasteiger partial charge in [-0.25, -0.2) is 4.79 Å². The fourth-order valence-electron chi connectivity index (χ4n) is 6.58. The predicted octanol–water partition coefficient (Wildman–Crippen LogP) is 5.25. The Hall–Kier alpha value is -4.17. The molecular weight excluding hydrogens is 504 g/mol. The molecule has 1 heterocycles. The largest absolute Gasteiger partial charge is 0.478 e. The third-order valence-electron chi connectivity index (χ3n) is 8.70. The van der Waals surface area contributed by atoms with Gasteiger partial charge in [-0.2, -0.15) is 0 Å². The molecule has 0 atom stereocenters. The van der Waals surface area contributed by atoms with Gasteiger partial charge in [-0.3, -0.25) is 14.5 Å². The van der Waals surface area contributed by atoms with Crippen LogP contribution in [-0.2, 0) is 0 Å². The number of carbonyl (C=O) groups excluding carboxylic acids is 2. The second-order valence-corrected chi connectivity index (χ2v) is 11.1. The average Bonchev–Trinajstić information content (AvgIpc) is 2.97. The third kappa shape index (κ3) is 4.52. The van der Waals surface area contributed by atoms with E-state index in [1.165, 1.54) is 38.2 Å². The molecule has 40 heavy (non-hydrogen) atoms. The van der Waals surface area contributed by atoms with Gasteiger partial charge in [0.2, 0.25) is 0 Å². The van der Waals surface area contributed by atoms with E-state index in [1.807, 2.05) is 6.07 Å². The molecule has 0 spiro atoms.